The third-order valence-corrected chi connectivity index (χ3v) is 8.39. The second kappa shape index (κ2) is 13.0. The number of halogens is 4. The van der Waals surface area contributed by atoms with Crippen molar-refractivity contribution in [3.8, 4) is 6.07 Å². The second-order valence-electron chi connectivity index (χ2n) is 12.2. The number of fused-ring (bicyclic) bond motifs is 1. The van der Waals surface area contributed by atoms with Crippen molar-refractivity contribution in [1.82, 2.24) is 5.32 Å². The molecule has 0 unspecified atom stereocenters. The molecule has 1 amide bonds. The zero-order valence-electron chi connectivity index (χ0n) is 24.7. The molecule has 7 nitrogen and oxygen atoms in total. The summed E-state index contributed by atoms with van der Waals surface area (Å²) in [6, 6.07) is 19.0. The molecule has 0 aliphatic carbocycles. The summed E-state index contributed by atoms with van der Waals surface area (Å²) in [5.74, 6) is -4.50. The van der Waals surface area contributed by atoms with E-state index in [2.05, 4.69) is 11.4 Å². The van der Waals surface area contributed by atoms with E-state index in [1.165, 1.54) is 30.3 Å². The first-order valence-electron chi connectivity index (χ1n) is 14.0. The summed E-state index contributed by atoms with van der Waals surface area (Å²) >= 11 is 11.9. The zero-order chi connectivity index (χ0) is 33.3. The molecule has 1 fully saturated rings. The molecule has 4 atom stereocenters. The number of nitriles is 1. The lowest BCUT2D eigenvalue weighted by Crippen LogP contribution is -2.44. The third kappa shape index (κ3) is 6.89. The Labute approximate surface area is 269 Å². The molecule has 4 aromatic rings. The van der Waals surface area contributed by atoms with E-state index in [0.717, 1.165) is 16.8 Å². The molecule has 0 bridgehead atoms. The van der Waals surface area contributed by atoms with Crippen molar-refractivity contribution < 1.29 is 23.5 Å². The highest BCUT2D eigenvalue weighted by atomic mass is 35.5. The smallest absolute Gasteiger partial charge is 0.321 e. The van der Waals surface area contributed by atoms with Crippen molar-refractivity contribution in [2.24, 2.45) is 11.1 Å². The molecule has 0 spiro atoms. The minimum absolute atomic E-state index is 0.0331. The minimum Gasteiger partial charge on any atom is -0.480 e. The zero-order valence-corrected chi connectivity index (χ0v) is 26.3. The normalized spacial score (nSPS) is 21.1. The number of rotatable bonds is 5. The number of nitrogens with zero attached hydrogens (tertiary/aromatic N) is 1. The lowest BCUT2D eigenvalue weighted by atomic mass is 9.62. The predicted molar refractivity (Wildman–Crippen MR) is 172 cm³/mol. The summed E-state index contributed by atoms with van der Waals surface area (Å²) in [7, 11) is 0. The van der Waals surface area contributed by atoms with Gasteiger partial charge in [0.25, 0.3) is 0 Å². The van der Waals surface area contributed by atoms with Crippen LogP contribution in [0.5, 0.6) is 0 Å². The van der Waals surface area contributed by atoms with Gasteiger partial charge < -0.3 is 16.6 Å². The number of carbonyl (C=O) groups excluding carboxylic acids is 1. The number of amides is 1. The van der Waals surface area contributed by atoms with Crippen LogP contribution in [0.25, 0.3) is 10.8 Å². The molecule has 0 radical (unpaired) electrons. The highest BCUT2D eigenvalue weighted by molar-refractivity contribution is 6.31. The SMILES string of the molecule is CC(C)(C)C[C@@H]1N[C@@H](C(=O)O)[C@H](c2cccc(Cl)c2F)[C@@]1(C#N)c1ccc(Cl)cc1F.NC(=O)c1ccc2cc(N)ccc2c1. The number of carboxylic acids is 1. The number of primary amides is 1. The standard InChI is InChI=1S/C23H22Cl2F2N2O2.C11H10N2O/c1-22(2,3)10-17-23(11-28,14-8-7-12(24)9-16(14)26)18(20(29-17)21(30)31)13-5-4-6-15(25)19(13)27;12-10-4-3-7-5-9(11(13)14)2-1-8(7)6-10/h4-9,17-18,20,29H,10H2,1-3H3,(H,30,31);1-6H,12H2,(H2,13,14)/t17-,18-,20+,23-;/m0./s1. The summed E-state index contributed by atoms with van der Waals surface area (Å²) in [6.07, 6.45) is 0.338. The van der Waals surface area contributed by atoms with Crippen LogP contribution in [-0.4, -0.2) is 29.1 Å². The van der Waals surface area contributed by atoms with Crippen molar-refractivity contribution >= 4 is 51.5 Å². The maximum atomic E-state index is 15.2. The van der Waals surface area contributed by atoms with Gasteiger partial charge in [0, 0.05) is 33.8 Å². The summed E-state index contributed by atoms with van der Waals surface area (Å²) in [5, 5.41) is 25.3. The van der Waals surface area contributed by atoms with Crippen LogP contribution in [0.15, 0.2) is 72.8 Å². The highest BCUT2D eigenvalue weighted by Crippen LogP contribution is 2.52. The topological polar surface area (TPSA) is 142 Å². The molecular weight excluding hydrogens is 621 g/mol. The van der Waals surface area contributed by atoms with Crippen molar-refractivity contribution in [1.29, 1.82) is 5.26 Å². The van der Waals surface area contributed by atoms with Crippen LogP contribution in [0, 0.1) is 28.4 Å². The lowest BCUT2D eigenvalue weighted by Gasteiger charge is -2.37. The summed E-state index contributed by atoms with van der Waals surface area (Å²) < 4.78 is 30.3. The number of hydrogen-bond donors (Lipinski definition) is 4. The van der Waals surface area contributed by atoms with Gasteiger partial charge in [0.05, 0.1) is 11.1 Å². The molecule has 1 aliphatic rings. The van der Waals surface area contributed by atoms with Crippen LogP contribution < -0.4 is 16.8 Å². The van der Waals surface area contributed by atoms with E-state index in [1.807, 2.05) is 39.0 Å². The van der Waals surface area contributed by atoms with Gasteiger partial charge in [-0.3, -0.25) is 14.9 Å². The van der Waals surface area contributed by atoms with Gasteiger partial charge in [0.1, 0.15) is 23.1 Å². The Kier molecular flexibility index (Phi) is 9.74. The molecular formula is C34H32Cl2F2N4O3. The Hall–Kier alpha value is -4.23. The summed E-state index contributed by atoms with van der Waals surface area (Å²) in [4.78, 5) is 23.1. The van der Waals surface area contributed by atoms with E-state index < -0.39 is 46.9 Å². The number of benzene rings is 4. The first-order chi connectivity index (χ1) is 21.1. The molecule has 0 aromatic heterocycles. The lowest BCUT2D eigenvalue weighted by molar-refractivity contribution is -0.139. The molecule has 45 heavy (non-hydrogen) atoms. The van der Waals surface area contributed by atoms with Gasteiger partial charge in [-0.15, -0.1) is 0 Å². The number of anilines is 1. The van der Waals surface area contributed by atoms with Crippen LogP contribution >= 0.6 is 23.2 Å². The van der Waals surface area contributed by atoms with Gasteiger partial charge >= 0.3 is 5.97 Å². The number of nitrogens with one attached hydrogen (secondary N) is 1. The molecule has 0 saturated carbocycles. The van der Waals surface area contributed by atoms with Crippen molar-refractivity contribution in [3.05, 3.63) is 111 Å². The Morgan fingerprint density at radius 1 is 1.02 bits per heavy atom. The molecule has 4 aromatic carbocycles. The molecule has 1 saturated heterocycles. The molecule has 1 heterocycles. The van der Waals surface area contributed by atoms with Gasteiger partial charge in [0.15, 0.2) is 0 Å². The summed E-state index contributed by atoms with van der Waals surface area (Å²) in [6.45, 7) is 5.79. The van der Waals surface area contributed by atoms with E-state index in [0.29, 0.717) is 17.7 Å². The number of carboxylic acid groups (broad SMARTS) is 1. The van der Waals surface area contributed by atoms with Crippen LogP contribution in [0.4, 0.5) is 14.5 Å². The van der Waals surface area contributed by atoms with Gasteiger partial charge in [-0.1, -0.05) is 74.3 Å². The average Bonchev–Trinajstić information content (AvgIpc) is 3.27. The Morgan fingerprint density at radius 3 is 2.29 bits per heavy atom. The van der Waals surface area contributed by atoms with Gasteiger partial charge in [-0.25, -0.2) is 8.78 Å². The number of nitrogen functional groups attached to an aromatic ring is 1. The largest absolute Gasteiger partial charge is 0.480 e. The van der Waals surface area contributed by atoms with Crippen molar-refractivity contribution in [2.45, 2.75) is 50.6 Å². The third-order valence-electron chi connectivity index (χ3n) is 7.86. The Bertz CT molecular complexity index is 1820. The van der Waals surface area contributed by atoms with Crippen LogP contribution in [0.2, 0.25) is 10.0 Å². The quantitative estimate of drug-likeness (QED) is 0.168. The van der Waals surface area contributed by atoms with E-state index in [1.54, 1.807) is 18.2 Å². The van der Waals surface area contributed by atoms with Crippen molar-refractivity contribution in [2.75, 3.05) is 5.73 Å². The van der Waals surface area contributed by atoms with E-state index in [9.17, 15) is 20.0 Å². The average molecular weight is 654 g/mol. The fourth-order valence-electron chi connectivity index (χ4n) is 5.96. The minimum atomic E-state index is -1.73. The van der Waals surface area contributed by atoms with Crippen LogP contribution in [0.1, 0.15) is 54.6 Å². The molecule has 1 aliphatic heterocycles. The first-order valence-corrected chi connectivity index (χ1v) is 14.7. The molecule has 6 N–H and O–H groups in total. The van der Waals surface area contributed by atoms with Gasteiger partial charge in [-0.05, 0) is 70.6 Å². The molecule has 234 valence electrons. The van der Waals surface area contributed by atoms with Crippen molar-refractivity contribution in [3.63, 3.8) is 0 Å². The predicted octanol–water partition coefficient (Wildman–Crippen LogP) is 7.20. The monoisotopic (exact) mass is 652 g/mol. The number of aliphatic carboxylic acids is 1. The Morgan fingerprint density at radius 2 is 1.69 bits per heavy atom. The first kappa shape index (κ1) is 33.7. The van der Waals surface area contributed by atoms with Crippen LogP contribution in [-0.2, 0) is 10.2 Å². The molecule has 5 rings (SSSR count). The van der Waals surface area contributed by atoms with E-state index in [-0.39, 0.29) is 26.6 Å². The maximum absolute atomic E-state index is 15.2. The van der Waals surface area contributed by atoms with Crippen LogP contribution in [0.3, 0.4) is 0 Å². The maximum Gasteiger partial charge on any atom is 0.321 e. The molecule has 11 heteroatoms. The fourth-order valence-corrected chi connectivity index (χ4v) is 6.30. The highest BCUT2D eigenvalue weighted by Gasteiger charge is 2.61. The number of nitrogens with two attached hydrogens (primary N) is 2. The number of hydrogen-bond acceptors (Lipinski definition) is 5. The van der Waals surface area contributed by atoms with E-state index in [4.69, 9.17) is 34.7 Å². The summed E-state index contributed by atoms with van der Waals surface area (Å²) in [5.41, 5.74) is 9.88. The van der Waals surface area contributed by atoms with E-state index >= 15 is 8.78 Å². The Balaban J connectivity index is 0.000000273. The second-order valence-corrected chi connectivity index (χ2v) is 13.1. The fraction of sp³-hybridized carbons (Fsp3) is 0.265. The number of carbonyl (C=O) groups is 2. The van der Waals surface area contributed by atoms with Gasteiger partial charge in [0.2, 0.25) is 5.91 Å². The van der Waals surface area contributed by atoms with Gasteiger partial charge in [-0.2, -0.15) is 5.26 Å².